The molecule has 4 heteroatoms. The summed E-state index contributed by atoms with van der Waals surface area (Å²) in [5, 5.41) is 8.62. The number of nitrogens with zero attached hydrogens (tertiary/aromatic N) is 1. The minimum absolute atomic E-state index is 0.144. The smallest absolute Gasteiger partial charge is 0.0908 e. The van der Waals surface area contributed by atoms with Crippen LogP contribution in [0, 0.1) is 0 Å². The SMILES string of the molecule is CC(C)(C)NCCNc1ccc(Cl)c2ncccc12. The highest BCUT2D eigenvalue weighted by Gasteiger charge is 2.08. The monoisotopic (exact) mass is 277 g/mol. The van der Waals surface area contributed by atoms with Gasteiger partial charge in [0.2, 0.25) is 0 Å². The van der Waals surface area contributed by atoms with Crippen molar-refractivity contribution in [3.63, 3.8) is 0 Å². The average molecular weight is 278 g/mol. The van der Waals surface area contributed by atoms with Gasteiger partial charge in [-0.25, -0.2) is 0 Å². The van der Waals surface area contributed by atoms with Crippen LogP contribution < -0.4 is 10.6 Å². The minimum atomic E-state index is 0.144. The molecule has 0 aliphatic carbocycles. The Morgan fingerprint density at radius 3 is 2.68 bits per heavy atom. The van der Waals surface area contributed by atoms with Gasteiger partial charge in [0.1, 0.15) is 0 Å². The van der Waals surface area contributed by atoms with E-state index in [1.165, 1.54) is 0 Å². The van der Waals surface area contributed by atoms with Crippen molar-refractivity contribution in [2.75, 3.05) is 18.4 Å². The lowest BCUT2D eigenvalue weighted by molar-refractivity contribution is 0.435. The summed E-state index contributed by atoms with van der Waals surface area (Å²) in [6.45, 7) is 8.26. The molecule has 2 aromatic rings. The van der Waals surface area contributed by atoms with Crippen LogP contribution in [0.5, 0.6) is 0 Å². The number of hydrogen-bond donors (Lipinski definition) is 2. The molecular weight excluding hydrogens is 258 g/mol. The van der Waals surface area contributed by atoms with Crippen molar-refractivity contribution in [1.82, 2.24) is 10.3 Å². The summed E-state index contributed by atoms with van der Waals surface area (Å²) >= 11 is 6.15. The number of pyridine rings is 1. The number of halogens is 1. The van der Waals surface area contributed by atoms with E-state index in [0.29, 0.717) is 5.02 Å². The lowest BCUT2D eigenvalue weighted by atomic mass is 10.1. The third kappa shape index (κ3) is 3.82. The maximum atomic E-state index is 6.15. The molecule has 0 saturated carbocycles. The molecule has 0 amide bonds. The first-order valence-corrected chi connectivity index (χ1v) is 6.87. The number of benzene rings is 1. The predicted molar refractivity (Wildman–Crippen MR) is 83.0 cm³/mol. The zero-order valence-corrected chi connectivity index (χ0v) is 12.4. The Morgan fingerprint density at radius 1 is 1.16 bits per heavy atom. The topological polar surface area (TPSA) is 37.0 Å². The third-order valence-electron chi connectivity index (χ3n) is 2.82. The standard InChI is InChI=1S/C15H20ClN3/c1-15(2,3)19-10-9-17-13-7-6-12(16)14-11(13)5-4-8-18-14/h4-8,17,19H,9-10H2,1-3H3. The summed E-state index contributed by atoms with van der Waals surface area (Å²) < 4.78 is 0. The van der Waals surface area contributed by atoms with Crippen molar-refractivity contribution in [1.29, 1.82) is 0 Å². The van der Waals surface area contributed by atoms with Crippen molar-refractivity contribution in [3.05, 3.63) is 35.5 Å². The Balaban J connectivity index is 2.07. The summed E-state index contributed by atoms with van der Waals surface area (Å²) in [6.07, 6.45) is 1.76. The largest absolute Gasteiger partial charge is 0.383 e. The lowest BCUT2D eigenvalue weighted by Gasteiger charge is -2.21. The van der Waals surface area contributed by atoms with Crippen LogP contribution in [0.3, 0.4) is 0 Å². The van der Waals surface area contributed by atoms with E-state index in [1.54, 1.807) is 6.20 Å². The van der Waals surface area contributed by atoms with Gasteiger partial charge in [0.25, 0.3) is 0 Å². The molecule has 1 heterocycles. The number of anilines is 1. The highest BCUT2D eigenvalue weighted by Crippen LogP contribution is 2.27. The molecule has 0 aliphatic heterocycles. The number of fused-ring (bicyclic) bond motifs is 1. The fourth-order valence-corrected chi connectivity index (χ4v) is 2.14. The number of aromatic nitrogens is 1. The maximum absolute atomic E-state index is 6.15. The van der Waals surface area contributed by atoms with E-state index in [-0.39, 0.29) is 5.54 Å². The van der Waals surface area contributed by atoms with E-state index in [2.05, 4.69) is 36.4 Å². The first-order chi connectivity index (χ1) is 8.97. The molecule has 0 spiro atoms. The molecule has 102 valence electrons. The van der Waals surface area contributed by atoms with Gasteiger partial charge in [-0.3, -0.25) is 4.98 Å². The Bertz CT molecular complexity index is 561. The van der Waals surface area contributed by atoms with Gasteiger partial charge in [0, 0.05) is 35.9 Å². The Hall–Kier alpha value is -1.32. The lowest BCUT2D eigenvalue weighted by Crippen LogP contribution is -2.38. The van der Waals surface area contributed by atoms with Crippen LogP contribution in [-0.4, -0.2) is 23.6 Å². The molecule has 1 aromatic heterocycles. The molecule has 0 aliphatic rings. The summed E-state index contributed by atoms with van der Waals surface area (Å²) in [4.78, 5) is 4.32. The Morgan fingerprint density at radius 2 is 1.95 bits per heavy atom. The van der Waals surface area contributed by atoms with Gasteiger partial charge in [-0.05, 0) is 45.0 Å². The highest BCUT2D eigenvalue weighted by atomic mass is 35.5. The molecule has 0 fully saturated rings. The van der Waals surface area contributed by atoms with Crippen molar-refractivity contribution in [3.8, 4) is 0 Å². The molecule has 0 atom stereocenters. The van der Waals surface area contributed by atoms with Gasteiger partial charge in [0.15, 0.2) is 0 Å². The van der Waals surface area contributed by atoms with E-state index in [0.717, 1.165) is 29.7 Å². The van der Waals surface area contributed by atoms with Gasteiger partial charge in [-0.1, -0.05) is 11.6 Å². The van der Waals surface area contributed by atoms with Gasteiger partial charge < -0.3 is 10.6 Å². The minimum Gasteiger partial charge on any atom is -0.383 e. The second-order valence-corrected chi connectivity index (χ2v) is 6.01. The maximum Gasteiger partial charge on any atom is 0.0908 e. The molecule has 0 radical (unpaired) electrons. The second-order valence-electron chi connectivity index (χ2n) is 5.60. The molecular formula is C15H20ClN3. The number of nitrogens with one attached hydrogen (secondary N) is 2. The van der Waals surface area contributed by atoms with Crippen LogP contribution in [0.15, 0.2) is 30.5 Å². The van der Waals surface area contributed by atoms with Gasteiger partial charge >= 0.3 is 0 Å². The van der Waals surface area contributed by atoms with E-state index < -0.39 is 0 Å². The van der Waals surface area contributed by atoms with E-state index in [4.69, 9.17) is 11.6 Å². The molecule has 19 heavy (non-hydrogen) atoms. The average Bonchev–Trinajstić information content (AvgIpc) is 2.36. The predicted octanol–water partition coefficient (Wildman–Crippen LogP) is 3.69. The second kappa shape index (κ2) is 5.76. The van der Waals surface area contributed by atoms with Gasteiger partial charge in [-0.2, -0.15) is 0 Å². The zero-order chi connectivity index (χ0) is 13.9. The van der Waals surface area contributed by atoms with Crippen molar-refractivity contribution in [2.45, 2.75) is 26.3 Å². The summed E-state index contributed by atoms with van der Waals surface area (Å²) in [6, 6.07) is 7.85. The number of hydrogen-bond acceptors (Lipinski definition) is 3. The summed E-state index contributed by atoms with van der Waals surface area (Å²) in [5.74, 6) is 0. The zero-order valence-electron chi connectivity index (χ0n) is 11.6. The molecule has 3 nitrogen and oxygen atoms in total. The van der Waals surface area contributed by atoms with Crippen molar-refractivity contribution in [2.24, 2.45) is 0 Å². The van der Waals surface area contributed by atoms with E-state index in [1.807, 2.05) is 24.3 Å². The normalized spacial score (nSPS) is 11.8. The molecule has 0 unspecified atom stereocenters. The van der Waals surface area contributed by atoms with Crippen LogP contribution in [0.4, 0.5) is 5.69 Å². The van der Waals surface area contributed by atoms with Crippen molar-refractivity contribution >= 4 is 28.2 Å². The van der Waals surface area contributed by atoms with Crippen LogP contribution in [0.1, 0.15) is 20.8 Å². The van der Waals surface area contributed by atoms with Crippen molar-refractivity contribution < 1.29 is 0 Å². The third-order valence-corrected chi connectivity index (χ3v) is 3.12. The quantitative estimate of drug-likeness (QED) is 0.837. The molecule has 0 bridgehead atoms. The van der Waals surface area contributed by atoms with Gasteiger partial charge in [0.05, 0.1) is 10.5 Å². The summed E-state index contributed by atoms with van der Waals surface area (Å²) in [7, 11) is 0. The number of rotatable bonds is 4. The van der Waals surface area contributed by atoms with Crippen LogP contribution in [-0.2, 0) is 0 Å². The molecule has 0 saturated heterocycles. The molecule has 2 rings (SSSR count). The van der Waals surface area contributed by atoms with Crippen LogP contribution >= 0.6 is 11.6 Å². The van der Waals surface area contributed by atoms with Crippen LogP contribution in [0.2, 0.25) is 5.02 Å². The molecule has 1 aromatic carbocycles. The van der Waals surface area contributed by atoms with Crippen LogP contribution in [0.25, 0.3) is 10.9 Å². The van der Waals surface area contributed by atoms with Gasteiger partial charge in [-0.15, -0.1) is 0 Å². The molecule has 2 N–H and O–H groups in total. The fourth-order valence-electron chi connectivity index (χ4n) is 1.93. The first kappa shape index (κ1) is 14.1. The first-order valence-electron chi connectivity index (χ1n) is 6.49. The fraction of sp³-hybridized carbons (Fsp3) is 0.400. The Labute approximate surface area is 119 Å². The summed E-state index contributed by atoms with van der Waals surface area (Å²) in [5.41, 5.74) is 2.06. The Kier molecular flexibility index (Phi) is 4.27. The van der Waals surface area contributed by atoms with E-state index in [9.17, 15) is 0 Å². The van der Waals surface area contributed by atoms with E-state index >= 15 is 0 Å². The highest BCUT2D eigenvalue weighted by molar-refractivity contribution is 6.35.